The Morgan fingerprint density at radius 1 is 1.62 bits per heavy atom. The molecule has 0 saturated heterocycles. The van der Waals surface area contributed by atoms with E-state index in [4.69, 9.17) is 0 Å². The van der Waals surface area contributed by atoms with Gasteiger partial charge in [-0.25, -0.2) is 9.00 Å². The second kappa shape index (κ2) is 3.52. The fourth-order valence-corrected chi connectivity index (χ4v) is 0.426. The van der Waals surface area contributed by atoms with Crippen LogP contribution in [0.25, 0.3) is 0 Å². The van der Waals surface area contributed by atoms with Crippen molar-refractivity contribution in [1.29, 1.82) is 0 Å². The van der Waals surface area contributed by atoms with E-state index in [2.05, 4.69) is 4.40 Å². The lowest BCUT2D eigenvalue weighted by Crippen LogP contribution is -2.00. The summed E-state index contributed by atoms with van der Waals surface area (Å²) in [5, 5.41) is -0.0866. The summed E-state index contributed by atoms with van der Waals surface area (Å²) in [5.41, 5.74) is 0. The Hall–Kier alpha value is -0.470. The first kappa shape index (κ1) is 7.53. The lowest BCUT2D eigenvalue weighted by molar-refractivity contribution is 0.566. The molecule has 0 aliphatic carbocycles. The molecule has 0 aromatic rings. The van der Waals surface area contributed by atoms with E-state index in [0.29, 0.717) is 0 Å². The molecule has 0 radical (unpaired) electrons. The van der Waals surface area contributed by atoms with E-state index in [-0.39, 0.29) is 5.25 Å². The molecule has 4 heteroatoms. The van der Waals surface area contributed by atoms with Gasteiger partial charge in [0.1, 0.15) is 0 Å². The predicted molar refractivity (Wildman–Crippen MR) is 31.4 cm³/mol. The molecule has 0 saturated carbocycles. The molecule has 0 bridgehead atoms. The maximum atomic E-state index is 10.4. The van der Waals surface area contributed by atoms with Gasteiger partial charge < -0.3 is 0 Å². The van der Waals surface area contributed by atoms with Gasteiger partial charge in [-0.2, -0.15) is 0 Å². The minimum Gasteiger partial charge on any atom is -0.234 e. The van der Waals surface area contributed by atoms with E-state index < -0.39 is 11.0 Å². The topological polar surface area (TPSA) is 46.5 Å². The molecular weight excluding hydrogens is 126 g/mol. The highest BCUT2D eigenvalue weighted by molar-refractivity contribution is 7.84. The van der Waals surface area contributed by atoms with Crippen molar-refractivity contribution in [3.63, 3.8) is 0 Å². The van der Waals surface area contributed by atoms with Gasteiger partial charge in [0.05, 0.1) is 5.25 Å². The average Bonchev–Trinajstić information content (AvgIpc) is 1.67. The van der Waals surface area contributed by atoms with Gasteiger partial charge in [0, 0.05) is 0 Å². The highest BCUT2D eigenvalue weighted by atomic mass is 32.2. The van der Waals surface area contributed by atoms with Gasteiger partial charge in [-0.1, -0.05) is 0 Å². The summed E-state index contributed by atoms with van der Waals surface area (Å²) in [7, 11) is -1.37. The van der Waals surface area contributed by atoms with Crippen LogP contribution >= 0.6 is 0 Å². The zero-order valence-electron chi connectivity index (χ0n) is 4.75. The third-order valence-corrected chi connectivity index (χ3v) is 1.59. The van der Waals surface area contributed by atoms with Crippen molar-refractivity contribution in [3.8, 4) is 0 Å². The number of hydrogen-bond donors (Lipinski definition) is 0. The fraction of sp³-hybridized carbons (Fsp3) is 0.750. The van der Waals surface area contributed by atoms with Crippen molar-refractivity contribution in [2.24, 2.45) is 4.40 Å². The Kier molecular flexibility index (Phi) is 3.31. The Morgan fingerprint density at radius 2 is 2.12 bits per heavy atom. The van der Waals surface area contributed by atoms with Crippen molar-refractivity contribution in [1.82, 2.24) is 0 Å². The summed E-state index contributed by atoms with van der Waals surface area (Å²) in [6.07, 6.45) is 1.22. The minimum absolute atomic E-state index is 0.0866. The maximum Gasteiger partial charge on any atom is 0.249 e. The van der Waals surface area contributed by atoms with Gasteiger partial charge in [-0.05, 0) is 13.8 Å². The zero-order valence-corrected chi connectivity index (χ0v) is 5.57. The molecule has 1 unspecified atom stereocenters. The molecule has 0 spiro atoms. The number of rotatable bonds is 2. The van der Waals surface area contributed by atoms with Gasteiger partial charge in [0.2, 0.25) is 6.08 Å². The smallest absolute Gasteiger partial charge is 0.234 e. The second-order valence-electron chi connectivity index (χ2n) is 1.51. The van der Waals surface area contributed by atoms with Crippen molar-refractivity contribution in [2.45, 2.75) is 19.1 Å². The maximum absolute atomic E-state index is 10.4. The third-order valence-electron chi connectivity index (χ3n) is 0.531. The Morgan fingerprint density at radius 3 is 2.25 bits per heavy atom. The van der Waals surface area contributed by atoms with Crippen LogP contribution in [0.3, 0.4) is 0 Å². The van der Waals surface area contributed by atoms with Crippen LogP contribution in [0, 0.1) is 0 Å². The molecule has 46 valence electrons. The van der Waals surface area contributed by atoms with E-state index in [1.807, 2.05) is 0 Å². The average molecular weight is 133 g/mol. The van der Waals surface area contributed by atoms with Gasteiger partial charge in [0.25, 0.3) is 0 Å². The van der Waals surface area contributed by atoms with E-state index in [9.17, 15) is 9.00 Å². The van der Waals surface area contributed by atoms with Crippen LogP contribution in [0.4, 0.5) is 0 Å². The van der Waals surface area contributed by atoms with Crippen LogP contribution < -0.4 is 0 Å². The quantitative estimate of drug-likeness (QED) is 0.404. The highest BCUT2D eigenvalue weighted by Crippen LogP contribution is 1.92. The van der Waals surface area contributed by atoms with E-state index >= 15 is 0 Å². The molecule has 0 aromatic heterocycles. The van der Waals surface area contributed by atoms with Gasteiger partial charge in [-0.3, -0.25) is 0 Å². The van der Waals surface area contributed by atoms with Crippen LogP contribution in [0.1, 0.15) is 13.8 Å². The van der Waals surface area contributed by atoms with Crippen molar-refractivity contribution in [3.05, 3.63) is 0 Å². The Balaban J connectivity index is 3.84. The van der Waals surface area contributed by atoms with Gasteiger partial charge >= 0.3 is 0 Å². The van der Waals surface area contributed by atoms with Crippen LogP contribution in [0.5, 0.6) is 0 Å². The zero-order chi connectivity index (χ0) is 6.57. The van der Waals surface area contributed by atoms with Crippen molar-refractivity contribution < 1.29 is 9.00 Å². The Bertz CT molecular complexity index is 137. The predicted octanol–water partition coefficient (Wildman–Crippen LogP) is 0.394. The SMILES string of the molecule is CC(C)S(=O)N=C=O. The molecule has 0 rings (SSSR count). The third kappa shape index (κ3) is 2.66. The number of isocyanates is 1. The standard InChI is InChI=1S/C4H7NO2S/c1-4(2)8(7)5-3-6/h4H,1-2H3. The van der Waals surface area contributed by atoms with Crippen molar-refractivity contribution >= 4 is 17.1 Å². The number of hydrogen-bond acceptors (Lipinski definition) is 2. The highest BCUT2D eigenvalue weighted by Gasteiger charge is 1.99. The van der Waals surface area contributed by atoms with Crippen LogP contribution in [0.2, 0.25) is 0 Å². The summed E-state index contributed by atoms with van der Waals surface area (Å²) in [6.45, 7) is 3.44. The first-order chi connectivity index (χ1) is 3.68. The molecule has 0 heterocycles. The lowest BCUT2D eigenvalue weighted by atomic mass is 10.6. The molecule has 0 fully saturated rings. The monoisotopic (exact) mass is 133 g/mol. The molecule has 0 aliphatic rings. The summed E-state index contributed by atoms with van der Waals surface area (Å²) in [4.78, 5) is 9.44. The molecular formula is C4H7NO2S. The number of nitrogens with zero attached hydrogens (tertiary/aromatic N) is 1. The molecule has 1 atom stereocenters. The normalized spacial score (nSPS) is 12.9. The molecule has 0 aromatic carbocycles. The molecule has 8 heavy (non-hydrogen) atoms. The van der Waals surface area contributed by atoms with Crippen molar-refractivity contribution in [2.75, 3.05) is 0 Å². The van der Waals surface area contributed by atoms with Crippen LogP contribution in [-0.4, -0.2) is 15.5 Å². The Labute approximate surface area is 50.4 Å². The fourth-order valence-electron chi connectivity index (χ4n) is 0.142. The van der Waals surface area contributed by atoms with E-state index in [0.717, 1.165) is 0 Å². The molecule has 0 amide bonds. The van der Waals surface area contributed by atoms with E-state index in [1.165, 1.54) is 6.08 Å². The first-order valence-corrected chi connectivity index (χ1v) is 3.34. The summed E-state index contributed by atoms with van der Waals surface area (Å²) in [6, 6.07) is 0. The molecule has 0 N–H and O–H groups in total. The number of carbonyl (C=O) groups excluding carboxylic acids is 1. The largest absolute Gasteiger partial charge is 0.249 e. The van der Waals surface area contributed by atoms with Crippen LogP contribution in [-0.2, 0) is 15.8 Å². The summed E-state index contributed by atoms with van der Waals surface area (Å²) in [5.74, 6) is 0. The molecule has 0 aliphatic heterocycles. The minimum atomic E-state index is -1.37. The summed E-state index contributed by atoms with van der Waals surface area (Å²) >= 11 is 0. The molecule has 3 nitrogen and oxygen atoms in total. The van der Waals surface area contributed by atoms with Gasteiger partial charge in [-0.15, -0.1) is 4.40 Å². The lowest BCUT2D eigenvalue weighted by Gasteiger charge is -1.91. The summed E-state index contributed by atoms with van der Waals surface area (Å²) < 4.78 is 13.4. The first-order valence-electron chi connectivity index (χ1n) is 2.17. The van der Waals surface area contributed by atoms with E-state index in [1.54, 1.807) is 13.8 Å². The van der Waals surface area contributed by atoms with Crippen LogP contribution in [0.15, 0.2) is 4.40 Å². The second-order valence-corrected chi connectivity index (χ2v) is 3.19. The van der Waals surface area contributed by atoms with Gasteiger partial charge in [0.15, 0.2) is 11.0 Å².